The fourth-order valence-corrected chi connectivity index (χ4v) is 3.67. The smallest absolute Gasteiger partial charge is 0.275 e. The number of aromatic nitrogens is 3. The molecule has 2 rings (SSSR count). The highest BCUT2D eigenvalue weighted by atomic mass is 32.2. The summed E-state index contributed by atoms with van der Waals surface area (Å²) in [6, 6.07) is -0.00615. The highest BCUT2D eigenvalue weighted by molar-refractivity contribution is 7.98. The van der Waals surface area contributed by atoms with Gasteiger partial charge >= 0.3 is 11.4 Å². The SMILES string of the molecule is CSc1nc(=O)n(C2CC(C)CC(C)C2)c(=O)n1C. The van der Waals surface area contributed by atoms with E-state index in [0.29, 0.717) is 17.0 Å². The molecule has 0 aliphatic heterocycles. The Morgan fingerprint density at radius 3 is 2.26 bits per heavy atom. The van der Waals surface area contributed by atoms with E-state index >= 15 is 0 Å². The predicted molar refractivity (Wildman–Crippen MR) is 76.7 cm³/mol. The minimum absolute atomic E-state index is 0.00615. The Hall–Kier alpha value is -1.04. The van der Waals surface area contributed by atoms with E-state index in [0.717, 1.165) is 12.8 Å². The summed E-state index contributed by atoms with van der Waals surface area (Å²) in [7, 11) is 1.67. The molecule has 106 valence electrons. The van der Waals surface area contributed by atoms with Gasteiger partial charge in [0, 0.05) is 13.1 Å². The number of rotatable bonds is 2. The van der Waals surface area contributed by atoms with Crippen molar-refractivity contribution in [3.63, 3.8) is 0 Å². The maximum absolute atomic E-state index is 12.4. The van der Waals surface area contributed by atoms with Crippen LogP contribution in [-0.2, 0) is 7.05 Å². The molecule has 0 N–H and O–H groups in total. The molecule has 6 heteroatoms. The number of hydrogen-bond acceptors (Lipinski definition) is 4. The van der Waals surface area contributed by atoms with Gasteiger partial charge in [-0.3, -0.25) is 4.57 Å². The Bertz CT molecular complexity index is 568. The molecule has 0 spiro atoms. The monoisotopic (exact) mass is 283 g/mol. The van der Waals surface area contributed by atoms with Gasteiger partial charge in [0.25, 0.3) is 0 Å². The molecule has 2 unspecified atom stereocenters. The molecule has 1 saturated carbocycles. The third-order valence-electron chi connectivity index (χ3n) is 3.88. The van der Waals surface area contributed by atoms with E-state index in [1.54, 1.807) is 7.05 Å². The van der Waals surface area contributed by atoms with Gasteiger partial charge in [-0.2, -0.15) is 4.98 Å². The van der Waals surface area contributed by atoms with Crippen molar-refractivity contribution in [2.24, 2.45) is 18.9 Å². The molecule has 1 fully saturated rings. The summed E-state index contributed by atoms with van der Waals surface area (Å²) in [6.45, 7) is 4.36. The van der Waals surface area contributed by atoms with Crippen molar-refractivity contribution in [1.29, 1.82) is 0 Å². The topological polar surface area (TPSA) is 56.9 Å². The number of hydrogen-bond donors (Lipinski definition) is 0. The van der Waals surface area contributed by atoms with Gasteiger partial charge in [-0.05, 0) is 37.4 Å². The van der Waals surface area contributed by atoms with E-state index in [9.17, 15) is 9.59 Å². The lowest BCUT2D eigenvalue weighted by molar-refractivity contribution is 0.208. The Kier molecular flexibility index (Phi) is 4.18. The van der Waals surface area contributed by atoms with Crippen molar-refractivity contribution in [2.45, 2.75) is 44.3 Å². The minimum Gasteiger partial charge on any atom is -0.275 e. The molecular formula is C13H21N3O2S. The lowest BCUT2D eigenvalue weighted by Crippen LogP contribution is -2.45. The lowest BCUT2D eigenvalue weighted by Gasteiger charge is -2.32. The van der Waals surface area contributed by atoms with Crippen LogP contribution in [0.15, 0.2) is 14.7 Å². The summed E-state index contributed by atoms with van der Waals surface area (Å²) in [4.78, 5) is 28.5. The average Bonchev–Trinajstić information content (AvgIpc) is 2.32. The van der Waals surface area contributed by atoms with Crippen LogP contribution in [0.4, 0.5) is 0 Å². The molecule has 0 bridgehead atoms. The lowest BCUT2D eigenvalue weighted by atomic mass is 9.80. The first-order valence-corrected chi connectivity index (χ1v) is 7.90. The molecule has 0 aromatic carbocycles. The second-order valence-electron chi connectivity index (χ2n) is 5.66. The summed E-state index contributed by atoms with van der Waals surface area (Å²) in [5.74, 6) is 1.09. The van der Waals surface area contributed by atoms with Crippen LogP contribution in [0.1, 0.15) is 39.2 Å². The molecule has 1 aromatic rings. The largest absolute Gasteiger partial charge is 0.354 e. The fraction of sp³-hybridized carbons (Fsp3) is 0.769. The third kappa shape index (κ3) is 2.78. The summed E-state index contributed by atoms with van der Waals surface area (Å²) in [5.41, 5.74) is -0.644. The van der Waals surface area contributed by atoms with E-state index in [-0.39, 0.29) is 11.7 Å². The molecule has 1 heterocycles. The molecule has 19 heavy (non-hydrogen) atoms. The van der Waals surface area contributed by atoms with Crippen molar-refractivity contribution >= 4 is 11.8 Å². The average molecular weight is 283 g/mol. The molecule has 2 atom stereocenters. The van der Waals surface area contributed by atoms with Gasteiger partial charge in [-0.25, -0.2) is 14.2 Å². The van der Waals surface area contributed by atoms with E-state index < -0.39 is 5.69 Å². The maximum atomic E-state index is 12.4. The fourth-order valence-electron chi connectivity index (χ4n) is 3.15. The molecule has 5 nitrogen and oxygen atoms in total. The quantitative estimate of drug-likeness (QED) is 0.775. The van der Waals surface area contributed by atoms with Crippen LogP contribution in [0.3, 0.4) is 0 Å². The Balaban J connectivity index is 2.48. The van der Waals surface area contributed by atoms with E-state index in [1.807, 2.05) is 6.26 Å². The van der Waals surface area contributed by atoms with Crippen molar-refractivity contribution in [3.8, 4) is 0 Å². The number of thioether (sulfide) groups is 1. The molecule has 1 aliphatic rings. The van der Waals surface area contributed by atoms with Crippen molar-refractivity contribution < 1.29 is 0 Å². The molecular weight excluding hydrogens is 262 g/mol. The van der Waals surface area contributed by atoms with E-state index in [1.165, 1.54) is 27.3 Å². The zero-order valence-corrected chi connectivity index (χ0v) is 12.7. The van der Waals surface area contributed by atoms with Crippen LogP contribution < -0.4 is 11.4 Å². The van der Waals surface area contributed by atoms with Crippen LogP contribution in [-0.4, -0.2) is 20.4 Å². The van der Waals surface area contributed by atoms with Gasteiger partial charge in [-0.15, -0.1) is 0 Å². The summed E-state index contributed by atoms with van der Waals surface area (Å²) in [5, 5.41) is 0.475. The Morgan fingerprint density at radius 1 is 1.16 bits per heavy atom. The second kappa shape index (κ2) is 5.53. The van der Waals surface area contributed by atoms with E-state index in [4.69, 9.17) is 0 Å². The first-order valence-electron chi connectivity index (χ1n) is 6.67. The van der Waals surface area contributed by atoms with Crippen LogP contribution in [0.25, 0.3) is 0 Å². The second-order valence-corrected chi connectivity index (χ2v) is 6.44. The van der Waals surface area contributed by atoms with Gasteiger partial charge in [0.1, 0.15) is 0 Å². The van der Waals surface area contributed by atoms with Crippen molar-refractivity contribution in [3.05, 3.63) is 21.0 Å². The summed E-state index contributed by atoms with van der Waals surface area (Å²) < 4.78 is 2.82. The van der Waals surface area contributed by atoms with Crippen LogP contribution in [0.5, 0.6) is 0 Å². The standard InChI is InChI=1S/C13H21N3O2S/c1-8-5-9(2)7-10(6-8)16-11(17)14-12(19-4)15(3)13(16)18/h8-10H,5-7H2,1-4H3. The van der Waals surface area contributed by atoms with E-state index in [2.05, 4.69) is 18.8 Å². The van der Waals surface area contributed by atoms with Gasteiger partial charge in [0.2, 0.25) is 0 Å². The van der Waals surface area contributed by atoms with Crippen molar-refractivity contribution in [1.82, 2.24) is 14.1 Å². The normalized spacial score (nSPS) is 27.5. The first kappa shape index (κ1) is 14.4. The summed E-state index contributed by atoms with van der Waals surface area (Å²) >= 11 is 1.32. The molecule has 1 aromatic heterocycles. The first-order chi connectivity index (χ1) is 8.93. The zero-order valence-electron chi connectivity index (χ0n) is 11.9. The van der Waals surface area contributed by atoms with Gasteiger partial charge in [-0.1, -0.05) is 25.6 Å². The highest BCUT2D eigenvalue weighted by Crippen LogP contribution is 2.34. The Labute approximate surface area is 117 Å². The molecule has 0 amide bonds. The third-order valence-corrected chi connectivity index (χ3v) is 4.61. The van der Waals surface area contributed by atoms with Crippen LogP contribution >= 0.6 is 11.8 Å². The van der Waals surface area contributed by atoms with Gasteiger partial charge in [0.05, 0.1) is 0 Å². The van der Waals surface area contributed by atoms with Crippen molar-refractivity contribution in [2.75, 3.05) is 6.26 Å². The minimum atomic E-state index is -0.404. The number of nitrogens with zero attached hydrogens (tertiary/aromatic N) is 3. The Morgan fingerprint density at radius 2 is 1.74 bits per heavy atom. The highest BCUT2D eigenvalue weighted by Gasteiger charge is 2.28. The maximum Gasteiger partial charge on any atom is 0.354 e. The van der Waals surface area contributed by atoms with Crippen LogP contribution in [0.2, 0.25) is 0 Å². The van der Waals surface area contributed by atoms with Gasteiger partial charge in [0.15, 0.2) is 5.16 Å². The molecule has 1 aliphatic carbocycles. The van der Waals surface area contributed by atoms with Crippen LogP contribution in [0, 0.1) is 11.8 Å². The summed E-state index contributed by atoms with van der Waals surface area (Å²) in [6.07, 6.45) is 4.76. The molecule has 0 saturated heterocycles. The van der Waals surface area contributed by atoms with Gasteiger partial charge < -0.3 is 0 Å². The zero-order chi connectivity index (χ0) is 14.2. The molecule has 0 radical (unpaired) electrons. The predicted octanol–water partition coefficient (Wildman–Crippen LogP) is 1.66.